The molecule has 0 unspecified atom stereocenters. The number of carbonyl (C=O) groups is 2. The van der Waals surface area contributed by atoms with E-state index in [4.69, 9.17) is 0 Å². The zero-order chi connectivity index (χ0) is 18.1. The summed E-state index contributed by atoms with van der Waals surface area (Å²) in [5.74, 6) is 0.229. The molecular weight excluding hydrogens is 324 g/mol. The molecule has 0 saturated carbocycles. The molecule has 0 aromatic heterocycles. The molecule has 1 amide bonds. The van der Waals surface area contributed by atoms with Gasteiger partial charge in [-0.25, -0.2) is 0 Å². The number of amides is 1. The van der Waals surface area contributed by atoms with Gasteiger partial charge in [-0.15, -0.1) is 0 Å². The van der Waals surface area contributed by atoms with Gasteiger partial charge in [-0.05, 0) is 73.7 Å². The first-order valence-corrected chi connectivity index (χ1v) is 9.39. The summed E-state index contributed by atoms with van der Waals surface area (Å²) >= 11 is 0. The number of anilines is 1. The number of hydrogen-bond donors (Lipinski definition) is 0. The summed E-state index contributed by atoms with van der Waals surface area (Å²) in [6.07, 6.45) is 3.44. The van der Waals surface area contributed by atoms with E-state index in [-0.39, 0.29) is 11.7 Å². The van der Waals surface area contributed by atoms with E-state index in [0.717, 1.165) is 55.8 Å². The van der Waals surface area contributed by atoms with E-state index >= 15 is 0 Å². The number of fused-ring (bicyclic) bond motifs is 1. The molecule has 0 bridgehead atoms. The molecule has 26 heavy (non-hydrogen) atoms. The van der Waals surface area contributed by atoms with Crippen molar-refractivity contribution in [2.45, 2.75) is 26.2 Å². The topological polar surface area (TPSA) is 40.6 Å². The highest BCUT2D eigenvalue weighted by molar-refractivity contribution is 5.95. The van der Waals surface area contributed by atoms with Crippen LogP contribution in [0.15, 0.2) is 42.5 Å². The maximum Gasteiger partial charge on any atom is 0.253 e. The van der Waals surface area contributed by atoms with Crippen molar-refractivity contribution in [1.82, 2.24) is 4.90 Å². The minimum atomic E-state index is 0.0845. The van der Waals surface area contributed by atoms with Crippen LogP contribution in [-0.2, 0) is 12.8 Å². The van der Waals surface area contributed by atoms with E-state index in [9.17, 15) is 9.59 Å². The van der Waals surface area contributed by atoms with Crippen molar-refractivity contribution >= 4 is 17.4 Å². The van der Waals surface area contributed by atoms with Crippen molar-refractivity contribution in [3.8, 4) is 0 Å². The van der Waals surface area contributed by atoms with Gasteiger partial charge in [0.15, 0.2) is 5.78 Å². The van der Waals surface area contributed by atoms with Crippen molar-refractivity contribution in [1.29, 1.82) is 0 Å². The van der Waals surface area contributed by atoms with Gasteiger partial charge in [0.2, 0.25) is 0 Å². The number of rotatable bonds is 3. The highest BCUT2D eigenvalue weighted by atomic mass is 16.2. The lowest BCUT2D eigenvalue weighted by Crippen LogP contribution is -2.48. The predicted molar refractivity (Wildman–Crippen MR) is 103 cm³/mol. The average Bonchev–Trinajstić information content (AvgIpc) is 3.15. The fourth-order valence-corrected chi connectivity index (χ4v) is 3.96. The van der Waals surface area contributed by atoms with Crippen molar-refractivity contribution in [3.05, 3.63) is 64.7 Å². The van der Waals surface area contributed by atoms with Crippen molar-refractivity contribution in [2.75, 3.05) is 31.1 Å². The molecule has 2 aliphatic rings. The molecule has 0 N–H and O–H groups in total. The van der Waals surface area contributed by atoms with Crippen LogP contribution in [-0.4, -0.2) is 42.8 Å². The SMILES string of the molecule is CC(=O)c1ccc(N2CCN(C(=O)c3ccc4c(c3)CCC4)CC2)cc1. The van der Waals surface area contributed by atoms with Gasteiger partial charge >= 0.3 is 0 Å². The summed E-state index contributed by atoms with van der Waals surface area (Å²) in [6, 6.07) is 13.9. The number of aryl methyl sites for hydroxylation is 2. The summed E-state index contributed by atoms with van der Waals surface area (Å²) in [7, 11) is 0. The Morgan fingerprint density at radius 2 is 1.46 bits per heavy atom. The molecule has 1 fully saturated rings. The lowest BCUT2D eigenvalue weighted by molar-refractivity contribution is 0.0746. The minimum Gasteiger partial charge on any atom is -0.368 e. The summed E-state index contributed by atoms with van der Waals surface area (Å²) in [5, 5.41) is 0. The third kappa shape index (κ3) is 3.24. The number of benzene rings is 2. The predicted octanol–water partition coefficient (Wildman–Crippen LogP) is 3.34. The molecular formula is C22H24N2O2. The molecule has 1 saturated heterocycles. The van der Waals surface area contributed by atoms with Crippen LogP contribution in [0.25, 0.3) is 0 Å². The number of hydrogen-bond acceptors (Lipinski definition) is 3. The molecule has 1 aliphatic heterocycles. The Labute approximate surface area is 154 Å². The zero-order valence-corrected chi connectivity index (χ0v) is 15.2. The van der Waals surface area contributed by atoms with E-state index in [0.29, 0.717) is 0 Å². The van der Waals surface area contributed by atoms with Crippen LogP contribution < -0.4 is 4.90 Å². The molecule has 4 rings (SSSR count). The fourth-order valence-electron chi connectivity index (χ4n) is 3.96. The first-order valence-electron chi connectivity index (χ1n) is 9.39. The quantitative estimate of drug-likeness (QED) is 0.799. The van der Waals surface area contributed by atoms with Crippen molar-refractivity contribution in [2.24, 2.45) is 0 Å². The Bertz CT molecular complexity index is 834. The van der Waals surface area contributed by atoms with Gasteiger partial charge in [0.05, 0.1) is 0 Å². The van der Waals surface area contributed by atoms with Gasteiger partial charge in [-0.3, -0.25) is 9.59 Å². The Kier molecular flexibility index (Phi) is 4.49. The van der Waals surface area contributed by atoms with E-state index in [1.54, 1.807) is 6.92 Å². The number of Topliss-reactive ketones (excluding diaryl/α,β-unsaturated/α-hetero) is 1. The van der Waals surface area contributed by atoms with Crippen LogP contribution >= 0.6 is 0 Å². The largest absolute Gasteiger partial charge is 0.368 e. The summed E-state index contributed by atoms with van der Waals surface area (Å²) in [5.41, 5.74) is 5.42. The molecule has 0 radical (unpaired) electrons. The highest BCUT2D eigenvalue weighted by Gasteiger charge is 2.23. The first kappa shape index (κ1) is 16.8. The smallest absolute Gasteiger partial charge is 0.253 e. The van der Waals surface area contributed by atoms with Gasteiger partial charge in [0.25, 0.3) is 5.91 Å². The third-order valence-corrected chi connectivity index (χ3v) is 5.55. The van der Waals surface area contributed by atoms with Gasteiger partial charge in [-0.2, -0.15) is 0 Å². The van der Waals surface area contributed by atoms with Gasteiger partial charge in [0, 0.05) is 43.0 Å². The van der Waals surface area contributed by atoms with Crippen LogP contribution in [0.2, 0.25) is 0 Å². The fraction of sp³-hybridized carbons (Fsp3) is 0.364. The monoisotopic (exact) mass is 348 g/mol. The van der Waals surface area contributed by atoms with Gasteiger partial charge < -0.3 is 9.80 Å². The molecule has 1 heterocycles. The Balaban J connectivity index is 1.40. The number of carbonyl (C=O) groups excluding carboxylic acids is 2. The Morgan fingerprint density at radius 3 is 2.15 bits per heavy atom. The molecule has 1 aliphatic carbocycles. The molecule has 2 aromatic carbocycles. The van der Waals surface area contributed by atoms with E-state index in [2.05, 4.69) is 17.0 Å². The number of piperazine rings is 1. The average molecular weight is 348 g/mol. The maximum atomic E-state index is 12.8. The van der Waals surface area contributed by atoms with Gasteiger partial charge in [0.1, 0.15) is 0 Å². The second-order valence-electron chi connectivity index (χ2n) is 7.22. The molecule has 0 spiro atoms. The summed E-state index contributed by atoms with van der Waals surface area (Å²) in [6.45, 7) is 4.67. The van der Waals surface area contributed by atoms with E-state index in [1.165, 1.54) is 17.5 Å². The highest BCUT2D eigenvalue weighted by Crippen LogP contribution is 2.24. The molecule has 0 atom stereocenters. The van der Waals surface area contributed by atoms with Crippen LogP contribution in [0.4, 0.5) is 5.69 Å². The normalized spacial score (nSPS) is 16.5. The molecule has 134 valence electrons. The van der Waals surface area contributed by atoms with Crippen molar-refractivity contribution < 1.29 is 9.59 Å². The lowest BCUT2D eigenvalue weighted by Gasteiger charge is -2.36. The summed E-state index contributed by atoms with van der Waals surface area (Å²) in [4.78, 5) is 28.5. The Morgan fingerprint density at radius 1 is 0.808 bits per heavy atom. The van der Waals surface area contributed by atoms with E-state index in [1.807, 2.05) is 35.2 Å². The summed E-state index contributed by atoms with van der Waals surface area (Å²) < 4.78 is 0. The second kappa shape index (κ2) is 6.94. The van der Waals surface area contributed by atoms with Crippen molar-refractivity contribution in [3.63, 3.8) is 0 Å². The molecule has 2 aromatic rings. The van der Waals surface area contributed by atoms with Crippen LogP contribution in [0.1, 0.15) is 45.2 Å². The van der Waals surface area contributed by atoms with Gasteiger partial charge in [-0.1, -0.05) is 6.07 Å². The number of ketones is 1. The van der Waals surface area contributed by atoms with Crippen LogP contribution in [0, 0.1) is 0 Å². The molecule has 4 nitrogen and oxygen atoms in total. The number of nitrogens with zero attached hydrogens (tertiary/aromatic N) is 2. The van der Waals surface area contributed by atoms with E-state index < -0.39 is 0 Å². The Hall–Kier alpha value is -2.62. The van der Waals surface area contributed by atoms with Crippen LogP contribution in [0.3, 0.4) is 0 Å². The lowest BCUT2D eigenvalue weighted by atomic mass is 10.1. The maximum absolute atomic E-state index is 12.8. The first-order chi connectivity index (χ1) is 12.6. The standard InChI is InChI=1S/C22H24N2O2/c1-16(25)17-7-9-21(10-8-17)23-11-13-24(14-12-23)22(26)20-6-5-18-3-2-4-19(18)15-20/h5-10,15H,2-4,11-14H2,1H3. The third-order valence-electron chi connectivity index (χ3n) is 5.55. The second-order valence-corrected chi connectivity index (χ2v) is 7.22. The molecule has 4 heteroatoms. The minimum absolute atomic E-state index is 0.0845. The zero-order valence-electron chi connectivity index (χ0n) is 15.2. The van der Waals surface area contributed by atoms with Crippen LogP contribution in [0.5, 0.6) is 0 Å².